The number of aliphatic hydroxyl groups excluding tert-OH is 1. The monoisotopic (exact) mass is 503 g/mol. The molecule has 4 N–H and O–H groups in total. The van der Waals surface area contributed by atoms with Crippen LogP contribution in [0.3, 0.4) is 0 Å². The summed E-state index contributed by atoms with van der Waals surface area (Å²) in [6.45, 7) is -0.804. The predicted molar refractivity (Wildman–Crippen MR) is 94.8 cm³/mol. The molecule has 1 aliphatic rings. The first-order valence-electron chi connectivity index (χ1n) is 8.24. The highest BCUT2D eigenvalue weighted by atomic mass is 31.3. The van der Waals surface area contributed by atoms with Gasteiger partial charge in [-0.05, 0) is 0 Å². The van der Waals surface area contributed by atoms with Crippen LogP contribution in [0, 0.1) is 0 Å². The highest BCUT2D eigenvalue weighted by Gasteiger charge is 2.40. The second-order valence-electron chi connectivity index (χ2n) is 6.07. The van der Waals surface area contributed by atoms with Gasteiger partial charge in [0, 0.05) is 13.5 Å². The Balaban J connectivity index is 1.65. The minimum atomic E-state index is -6.00. The molecule has 2 aromatic heterocycles. The van der Waals surface area contributed by atoms with Crippen molar-refractivity contribution in [2.45, 2.75) is 24.9 Å². The lowest BCUT2D eigenvalue weighted by atomic mass is 10.2. The summed E-state index contributed by atoms with van der Waals surface area (Å²) in [5.41, 5.74) is 0.816. The minimum Gasteiger partial charge on any atom is -0.789 e. The van der Waals surface area contributed by atoms with Gasteiger partial charge in [0.05, 0.1) is 26.9 Å². The summed E-state index contributed by atoms with van der Waals surface area (Å²) < 4.78 is 51.9. The van der Waals surface area contributed by atoms with Crippen LogP contribution in [-0.2, 0) is 31.6 Å². The summed E-state index contributed by atoms with van der Waals surface area (Å²) in [4.78, 5) is 51.6. The maximum Gasteiger partial charge on any atom is 0.484 e. The average Bonchev–Trinajstić information content (AvgIpc) is 3.19. The lowest BCUT2D eigenvalue weighted by molar-refractivity contribution is -0.334. The van der Waals surface area contributed by atoms with Crippen molar-refractivity contribution in [3.05, 3.63) is 12.7 Å². The van der Waals surface area contributed by atoms with Crippen molar-refractivity contribution >= 4 is 40.4 Å². The molecule has 2 aromatic rings. The normalized spacial score (nSPS) is 25.9. The molecule has 0 radical (unpaired) electrons. The Morgan fingerprint density at radius 3 is 2.58 bits per heavy atom. The van der Waals surface area contributed by atoms with E-state index in [0.717, 1.165) is 0 Å². The van der Waals surface area contributed by atoms with Gasteiger partial charge < -0.3 is 39.3 Å². The SMILES string of the molecule is CNc1ncnc2c1ncn2C1CC(O)C(COP(=O)(O)OP(=O)(O)OP(=O)([O-])[O-])O1. The molecule has 3 heterocycles. The van der Waals surface area contributed by atoms with E-state index in [1.54, 1.807) is 7.05 Å². The van der Waals surface area contributed by atoms with Crippen LogP contribution in [0.5, 0.6) is 0 Å². The van der Waals surface area contributed by atoms with Crippen molar-refractivity contribution in [3.63, 3.8) is 0 Å². The zero-order valence-corrected chi connectivity index (χ0v) is 18.1. The van der Waals surface area contributed by atoms with Crippen LogP contribution in [0.25, 0.3) is 11.2 Å². The number of phosphoric ester groups is 1. The number of anilines is 1. The Morgan fingerprint density at radius 1 is 1.23 bits per heavy atom. The van der Waals surface area contributed by atoms with E-state index in [4.69, 9.17) is 9.63 Å². The largest absolute Gasteiger partial charge is 0.789 e. The van der Waals surface area contributed by atoms with Gasteiger partial charge in [0.2, 0.25) is 0 Å². The van der Waals surface area contributed by atoms with Crippen molar-refractivity contribution in [1.29, 1.82) is 0 Å². The number of hydrogen-bond acceptors (Lipinski definition) is 14. The van der Waals surface area contributed by atoms with Crippen molar-refractivity contribution < 1.29 is 56.3 Å². The number of nitrogens with zero attached hydrogens (tertiary/aromatic N) is 4. The predicted octanol–water partition coefficient (Wildman–Crippen LogP) is -1.40. The van der Waals surface area contributed by atoms with E-state index in [-0.39, 0.29) is 6.42 Å². The van der Waals surface area contributed by atoms with Gasteiger partial charge in [-0.1, -0.05) is 0 Å². The molecule has 5 unspecified atom stereocenters. The number of ether oxygens (including phenoxy) is 1. The van der Waals surface area contributed by atoms with Crippen LogP contribution in [0.2, 0.25) is 0 Å². The fourth-order valence-electron chi connectivity index (χ4n) is 2.74. The number of imidazole rings is 1. The summed E-state index contributed by atoms with van der Waals surface area (Å²) in [5, 5.41) is 13.0. The smallest absolute Gasteiger partial charge is 0.484 e. The van der Waals surface area contributed by atoms with Crippen LogP contribution < -0.4 is 15.1 Å². The molecule has 1 saturated heterocycles. The summed E-state index contributed by atoms with van der Waals surface area (Å²) in [6.07, 6.45) is -0.507. The van der Waals surface area contributed by atoms with Crippen molar-refractivity contribution in [3.8, 4) is 0 Å². The Hall–Kier alpha value is -1.32. The van der Waals surface area contributed by atoms with Crippen molar-refractivity contribution in [2.24, 2.45) is 0 Å². The molecule has 3 rings (SSSR count). The maximum atomic E-state index is 11.8. The van der Waals surface area contributed by atoms with Crippen LogP contribution in [0.1, 0.15) is 12.6 Å². The van der Waals surface area contributed by atoms with E-state index in [2.05, 4.69) is 33.4 Å². The molecule has 0 saturated carbocycles. The third-order valence-corrected chi connectivity index (χ3v) is 7.67. The number of aliphatic hydroxyl groups is 1. The van der Waals surface area contributed by atoms with E-state index in [0.29, 0.717) is 17.0 Å². The molecule has 31 heavy (non-hydrogen) atoms. The van der Waals surface area contributed by atoms with Crippen molar-refractivity contribution in [1.82, 2.24) is 19.5 Å². The molecule has 20 heteroatoms. The Labute approximate surface area is 173 Å². The fraction of sp³-hybridized carbons (Fsp3) is 0.545. The molecule has 174 valence electrons. The third-order valence-electron chi connectivity index (χ3n) is 3.92. The molecular weight excluding hydrogens is 487 g/mol. The summed E-state index contributed by atoms with van der Waals surface area (Å²) in [6, 6.07) is 0. The molecule has 1 fully saturated rings. The van der Waals surface area contributed by atoms with Crippen LogP contribution in [0.15, 0.2) is 12.7 Å². The number of nitrogens with one attached hydrogen (secondary N) is 1. The van der Waals surface area contributed by atoms with Gasteiger partial charge in [-0.25, -0.2) is 24.1 Å². The second-order valence-corrected chi connectivity index (χ2v) is 10.4. The Kier molecular flexibility index (Phi) is 6.99. The maximum absolute atomic E-state index is 11.8. The first kappa shape index (κ1) is 24.3. The number of aromatic nitrogens is 4. The van der Waals surface area contributed by atoms with Gasteiger partial charge in [0.1, 0.15) is 24.2 Å². The van der Waals surface area contributed by atoms with E-state index in [1.165, 1.54) is 17.2 Å². The first-order chi connectivity index (χ1) is 14.3. The zero-order valence-electron chi connectivity index (χ0n) is 15.4. The number of hydrogen-bond donors (Lipinski definition) is 4. The molecule has 5 atom stereocenters. The lowest BCUT2D eigenvalue weighted by Crippen LogP contribution is -2.26. The zero-order chi connectivity index (χ0) is 23.0. The Bertz CT molecular complexity index is 1090. The molecule has 17 nitrogen and oxygen atoms in total. The van der Waals surface area contributed by atoms with Gasteiger partial charge in [0.15, 0.2) is 11.5 Å². The highest BCUT2D eigenvalue weighted by Crippen LogP contribution is 2.64. The topological polar surface area (TPSA) is 251 Å². The van der Waals surface area contributed by atoms with E-state index in [9.17, 15) is 33.5 Å². The molecule has 0 bridgehead atoms. The first-order valence-corrected chi connectivity index (χ1v) is 12.7. The third kappa shape index (κ3) is 6.14. The summed E-state index contributed by atoms with van der Waals surface area (Å²) in [7, 11) is -15.5. The molecule has 0 aromatic carbocycles. The number of rotatable bonds is 9. The van der Waals surface area contributed by atoms with E-state index >= 15 is 0 Å². The average molecular weight is 503 g/mol. The molecule has 0 spiro atoms. The van der Waals surface area contributed by atoms with Gasteiger partial charge in [-0.3, -0.25) is 13.4 Å². The van der Waals surface area contributed by atoms with E-state index in [1.807, 2.05) is 0 Å². The quantitative estimate of drug-likeness (QED) is 0.287. The number of phosphoric acid groups is 3. The van der Waals surface area contributed by atoms with Crippen molar-refractivity contribution in [2.75, 3.05) is 19.0 Å². The Morgan fingerprint density at radius 2 is 1.94 bits per heavy atom. The highest BCUT2D eigenvalue weighted by molar-refractivity contribution is 7.66. The van der Waals surface area contributed by atoms with Crippen LogP contribution in [-0.4, -0.2) is 60.3 Å². The number of fused-ring (bicyclic) bond motifs is 1. The molecule has 1 aliphatic heterocycles. The molecular formula is C11H16N5O12P3-2. The summed E-state index contributed by atoms with van der Waals surface area (Å²) in [5.74, 6) is 0.455. The van der Waals surface area contributed by atoms with Gasteiger partial charge in [0.25, 0.3) is 0 Å². The lowest BCUT2D eigenvalue weighted by Gasteiger charge is -2.29. The van der Waals surface area contributed by atoms with Gasteiger partial charge >= 0.3 is 15.6 Å². The summed E-state index contributed by atoms with van der Waals surface area (Å²) >= 11 is 0. The van der Waals surface area contributed by atoms with Crippen LogP contribution in [0.4, 0.5) is 5.82 Å². The fourth-order valence-corrected chi connectivity index (χ4v) is 5.71. The standard InChI is InChI=1S/C11H18N5O12P3/c1-12-10-9-11(14-4-13-10)16(5-15-9)8-2-6(17)7(26-8)3-25-30(21,22)28-31(23,24)27-29(18,19)20/h4-8,17H,2-3H2,1H3,(H,21,22)(H,23,24)(H,12,13,14)(H2,18,19,20)/p-2. The van der Waals surface area contributed by atoms with E-state index < -0.39 is 48.5 Å². The molecule has 0 amide bonds. The molecule has 0 aliphatic carbocycles. The van der Waals surface area contributed by atoms with Gasteiger partial charge in [-0.15, -0.1) is 0 Å². The minimum absolute atomic E-state index is 0.00606. The second kappa shape index (κ2) is 8.90. The van der Waals surface area contributed by atoms with Gasteiger partial charge in [-0.2, -0.15) is 4.31 Å². The van der Waals surface area contributed by atoms with Crippen LogP contribution >= 0.6 is 23.5 Å².